The Morgan fingerprint density at radius 3 is 2.88 bits per heavy atom. The number of fused-ring (bicyclic) bond motifs is 1. The third kappa shape index (κ3) is 4.59. The Hall–Kier alpha value is -1.37. The Morgan fingerprint density at radius 1 is 1.42 bits per heavy atom. The molecule has 24 heavy (non-hydrogen) atoms. The summed E-state index contributed by atoms with van der Waals surface area (Å²) in [5.41, 5.74) is 1.65. The minimum Gasteiger partial charge on any atom is -0.494 e. The number of piperidine rings is 1. The summed E-state index contributed by atoms with van der Waals surface area (Å²) in [4.78, 5) is 16.7. The summed E-state index contributed by atoms with van der Waals surface area (Å²) in [7, 11) is 1.62. The van der Waals surface area contributed by atoms with E-state index in [0.717, 1.165) is 40.4 Å². The number of nitrogens with one attached hydrogen (secondary N) is 2. The first-order chi connectivity index (χ1) is 11.2. The molecule has 5 nitrogen and oxygen atoms in total. The molecule has 1 aromatic carbocycles. The molecule has 0 saturated carbocycles. The number of halogens is 1. The van der Waals surface area contributed by atoms with Crippen molar-refractivity contribution in [1.82, 2.24) is 10.3 Å². The van der Waals surface area contributed by atoms with Gasteiger partial charge in [0.25, 0.3) is 0 Å². The van der Waals surface area contributed by atoms with Gasteiger partial charge < -0.3 is 15.4 Å². The van der Waals surface area contributed by atoms with Gasteiger partial charge in [-0.25, -0.2) is 4.98 Å². The van der Waals surface area contributed by atoms with Crippen molar-refractivity contribution >= 4 is 45.6 Å². The van der Waals surface area contributed by atoms with E-state index in [2.05, 4.69) is 15.6 Å². The topological polar surface area (TPSA) is 63.2 Å². The standard InChI is InChI=1S/C17H23N3O2S.ClH/c1-11-19-14-9-15(22-2)13(10-16(14)23-11)20-17(21)4-3-12-5-7-18-8-6-12;/h9-10,12,18H,3-8H2,1-2H3,(H,20,21);1H. The number of anilines is 1. The zero-order valence-corrected chi connectivity index (χ0v) is 15.7. The molecule has 1 amide bonds. The molecule has 0 unspecified atom stereocenters. The fraction of sp³-hybridized carbons (Fsp3) is 0.529. The maximum Gasteiger partial charge on any atom is 0.224 e. The Bertz CT molecular complexity index is 698. The average Bonchev–Trinajstić information content (AvgIpc) is 2.92. The summed E-state index contributed by atoms with van der Waals surface area (Å²) in [6.45, 7) is 4.12. The van der Waals surface area contributed by atoms with E-state index < -0.39 is 0 Å². The second kappa shape index (κ2) is 8.65. The van der Waals surface area contributed by atoms with Crippen molar-refractivity contribution in [3.63, 3.8) is 0 Å². The number of hydrogen-bond acceptors (Lipinski definition) is 5. The summed E-state index contributed by atoms with van der Waals surface area (Å²) >= 11 is 1.62. The number of methoxy groups -OCH3 is 1. The van der Waals surface area contributed by atoms with E-state index in [4.69, 9.17) is 4.74 Å². The molecule has 0 atom stereocenters. The van der Waals surface area contributed by atoms with Crippen molar-refractivity contribution in [2.45, 2.75) is 32.6 Å². The number of ether oxygens (including phenoxy) is 1. The summed E-state index contributed by atoms with van der Waals surface area (Å²) in [5, 5.41) is 7.37. The molecule has 0 aliphatic carbocycles. The molecule has 0 bridgehead atoms. The molecule has 7 heteroatoms. The number of carbonyl (C=O) groups excluding carboxylic acids is 1. The number of amides is 1. The van der Waals surface area contributed by atoms with E-state index in [1.54, 1.807) is 18.4 Å². The van der Waals surface area contributed by atoms with Gasteiger partial charge >= 0.3 is 0 Å². The quantitative estimate of drug-likeness (QED) is 0.842. The van der Waals surface area contributed by atoms with E-state index in [1.165, 1.54) is 12.8 Å². The summed E-state index contributed by atoms with van der Waals surface area (Å²) in [5.74, 6) is 1.39. The smallest absolute Gasteiger partial charge is 0.224 e. The van der Waals surface area contributed by atoms with Gasteiger partial charge in [0.05, 0.1) is 28.0 Å². The number of carbonyl (C=O) groups is 1. The normalized spacial score (nSPS) is 15.1. The summed E-state index contributed by atoms with van der Waals surface area (Å²) in [6.07, 6.45) is 3.86. The van der Waals surface area contributed by atoms with Crippen LogP contribution in [0.3, 0.4) is 0 Å². The third-order valence-corrected chi connectivity index (χ3v) is 5.26. The van der Waals surface area contributed by atoms with Crippen LogP contribution in [-0.2, 0) is 4.79 Å². The molecule has 0 spiro atoms. The predicted molar refractivity (Wildman–Crippen MR) is 102 cm³/mol. The fourth-order valence-electron chi connectivity index (χ4n) is 3.05. The van der Waals surface area contributed by atoms with Crippen molar-refractivity contribution in [3.8, 4) is 5.75 Å². The summed E-state index contributed by atoms with van der Waals surface area (Å²) < 4.78 is 6.47. The number of nitrogens with zero attached hydrogens (tertiary/aromatic N) is 1. The molecule has 1 aliphatic heterocycles. The zero-order valence-electron chi connectivity index (χ0n) is 14.1. The maximum atomic E-state index is 12.3. The molecule has 0 radical (unpaired) electrons. The minimum absolute atomic E-state index is 0. The number of aryl methyl sites for hydroxylation is 1. The van der Waals surface area contributed by atoms with Crippen molar-refractivity contribution in [2.75, 3.05) is 25.5 Å². The van der Waals surface area contributed by atoms with Crippen molar-refractivity contribution < 1.29 is 9.53 Å². The van der Waals surface area contributed by atoms with Crippen LogP contribution in [0.25, 0.3) is 10.2 Å². The molecule has 2 N–H and O–H groups in total. The van der Waals surface area contributed by atoms with Gasteiger partial charge in [-0.2, -0.15) is 0 Å². The van der Waals surface area contributed by atoms with E-state index in [-0.39, 0.29) is 18.3 Å². The van der Waals surface area contributed by atoms with Crippen LogP contribution in [0.5, 0.6) is 5.75 Å². The third-order valence-electron chi connectivity index (χ3n) is 4.33. The van der Waals surface area contributed by atoms with E-state index in [1.807, 2.05) is 19.1 Å². The number of rotatable bonds is 5. The predicted octanol–water partition coefficient (Wildman–Crippen LogP) is 3.75. The largest absolute Gasteiger partial charge is 0.494 e. The van der Waals surface area contributed by atoms with Crippen LogP contribution in [0.15, 0.2) is 12.1 Å². The zero-order chi connectivity index (χ0) is 16.2. The average molecular weight is 370 g/mol. The van der Waals surface area contributed by atoms with Crippen LogP contribution < -0.4 is 15.4 Å². The number of thiazole rings is 1. The summed E-state index contributed by atoms with van der Waals surface area (Å²) in [6, 6.07) is 3.85. The van der Waals surface area contributed by atoms with Gasteiger partial charge in [0, 0.05) is 12.5 Å². The first-order valence-corrected chi connectivity index (χ1v) is 8.93. The van der Waals surface area contributed by atoms with E-state index in [9.17, 15) is 4.79 Å². The van der Waals surface area contributed by atoms with Gasteiger partial charge in [-0.3, -0.25) is 4.79 Å². The molecule has 1 fully saturated rings. The van der Waals surface area contributed by atoms with Crippen LogP contribution in [0.4, 0.5) is 5.69 Å². The molecule has 2 aromatic rings. The molecule has 1 aromatic heterocycles. The molecular weight excluding hydrogens is 346 g/mol. The fourth-order valence-corrected chi connectivity index (χ4v) is 3.90. The van der Waals surface area contributed by atoms with Gasteiger partial charge in [0.1, 0.15) is 5.75 Å². The van der Waals surface area contributed by atoms with E-state index >= 15 is 0 Å². The molecule has 1 saturated heterocycles. The van der Waals surface area contributed by atoms with Crippen molar-refractivity contribution in [1.29, 1.82) is 0 Å². The highest BCUT2D eigenvalue weighted by Gasteiger charge is 2.16. The van der Waals surface area contributed by atoms with Crippen LogP contribution in [-0.4, -0.2) is 31.1 Å². The van der Waals surface area contributed by atoms with Crippen molar-refractivity contribution in [3.05, 3.63) is 17.1 Å². The first-order valence-electron chi connectivity index (χ1n) is 8.11. The van der Waals surface area contributed by atoms with Gasteiger partial charge in [-0.1, -0.05) is 0 Å². The van der Waals surface area contributed by atoms with Crippen LogP contribution >= 0.6 is 23.7 Å². The first kappa shape index (κ1) is 19.0. The minimum atomic E-state index is 0. The lowest BCUT2D eigenvalue weighted by atomic mass is 9.93. The Kier molecular flexibility index (Phi) is 6.83. The SMILES string of the molecule is COc1cc2nc(C)sc2cc1NC(=O)CCC1CCNCC1.Cl. The monoisotopic (exact) mass is 369 g/mol. The maximum absolute atomic E-state index is 12.3. The molecule has 1 aliphatic rings. The van der Waals surface area contributed by atoms with Gasteiger partial charge in [-0.15, -0.1) is 23.7 Å². The lowest BCUT2D eigenvalue weighted by Crippen LogP contribution is -2.28. The Morgan fingerprint density at radius 2 is 2.17 bits per heavy atom. The highest BCUT2D eigenvalue weighted by molar-refractivity contribution is 7.18. The second-order valence-corrected chi connectivity index (χ2v) is 7.27. The highest BCUT2D eigenvalue weighted by Crippen LogP contribution is 2.33. The van der Waals surface area contributed by atoms with Crippen LogP contribution in [0.1, 0.15) is 30.7 Å². The van der Waals surface area contributed by atoms with Gasteiger partial charge in [0.2, 0.25) is 5.91 Å². The van der Waals surface area contributed by atoms with Crippen LogP contribution in [0.2, 0.25) is 0 Å². The second-order valence-electron chi connectivity index (χ2n) is 6.03. The number of aromatic nitrogens is 1. The lowest BCUT2D eigenvalue weighted by molar-refractivity contribution is -0.116. The molecule has 3 rings (SSSR count). The highest BCUT2D eigenvalue weighted by atomic mass is 35.5. The van der Waals surface area contributed by atoms with E-state index in [0.29, 0.717) is 18.1 Å². The number of benzene rings is 1. The molecule has 132 valence electrons. The Labute approximate surface area is 152 Å². The van der Waals surface area contributed by atoms with Gasteiger partial charge in [-0.05, 0) is 51.3 Å². The van der Waals surface area contributed by atoms with Crippen molar-refractivity contribution in [2.24, 2.45) is 5.92 Å². The van der Waals surface area contributed by atoms with Crippen LogP contribution in [0, 0.1) is 12.8 Å². The molecular formula is C17H24ClN3O2S. The Balaban J connectivity index is 0.00000208. The lowest BCUT2D eigenvalue weighted by Gasteiger charge is -2.22. The molecule has 2 heterocycles. The van der Waals surface area contributed by atoms with Gasteiger partial charge in [0.15, 0.2) is 0 Å². The number of hydrogen-bond donors (Lipinski definition) is 2.